The van der Waals surface area contributed by atoms with Gasteiger partial charge in [0.05, 0.1) is 33.6 Å². The van der Waals surface area contributed by atoms with Crippen molar-refractivity contribution in [3.8, 4) is 16.3 Å². The summed E-state index contributed by atoms with van der Waals surface area (Å²) in [4.78, 5) is 17.5. The van der Waals surface area contributed by atoms with Gasteiger partial charge in [0, 0.05) is 10.6 Å². The number of anilines is 1. The molecule has 0 spiro atoms. The maximum absolute atomic E-state index is 12.8. The molecule has 4 rings (SSSR count). The average Bonchev–Trinajstić information content (AvgIpc) is 3.17. The van der Waals surface area contributed by atoms with E-state index in [1.165, 1.54) is 19.2 Å². The van der Waals surface area contributed by atoms with Crippen LogP contribution in [0, 0.1) is 0 Å². The zero-order valence-electron chi connectivity index (χ0n) is 16.1. The van der Waals surface area contributed by atoms with Crippen LogP contribution in [0.3, 0.4) is 0 Å². The second-order valence-corrected chi connectivity index (χ2v) is 8.69. The van der Waals surface area contributed by atoms with Crippen LogP contribution in [0.15, 0.2) is 60.7 Å². The van der Waals surface area contributed by atoms with E-state index in [9.17, 15) is 4.79 Å². The Kier molecular flexibility index (Phi) is 6.38. The van der Waals surface area contributed by atoms with E-state index in [0.29, 0.717) is 5.02 Å². The van der Waals surface area contributed by atoms with E-state index in [0.717, 1.165) is 26.5 Å². The minimum absolute atomic E-state index is 0.122. The van der Waals surface area contributed by atoms with Gasteiger partial charge < -0.3 is 10.1 Å². The fourth-order valence-electron chi connectivity index (χ4n) is 3.03. The molecule has 31 heavy (non-hydrogen) atoms. The van der Waals surface area contributed by atoms with Gasteiger partial charge in [0.2, 0.25) is 0 Å². The molecule has 4 aromatic rings. The number of thiazole rings is 1. The van der Waals surface area contributed by atoms with E-state index in [1.807, 2.05) is 48.5 Å². The number of rotatable bonds is 4. The van der Waals surface area contributed by atoms with Gasteiger partial charge in [0.15, 0.2) is 5.11 Å². The van der Waals surface area contributed by atoms with Gasteiger partial charge in [-0.3, -0.25) is 10.1 Å². The molecule has 0 bridgehead atoms. The van der Waals surface area contributed by atoms with E-state index < -0.39 is 5.91 Å². The molecule has 5 nitrogen and oxygen atoms in total. The largest absolute Gasteiger partial charge is 0.494 e. The molecule has 0 fully saturated rings. The van der Waals surface area contributed by atoms with Crippen LogP contribution in [0.1, 0.15) is 10.4 Å². The van der Waals surface area contributed by atoms with Crippen molar-refractivity contribution in [1.82, 2.24) is 10.3 Å². The molecule has 1 amide bonds. The number of carbonyl (C=O) groups is 1. The summed E-state index contributed by atoms with van der Waals surface area (Å²) in [6.07, 6.45) is 0. The summed E-state index contributed by atoms with van der Waals surface area (Å²) in [6, 6.07) is 18.5. The average molecular weight is 488 g/mol. The Morgan fingerprint density at radius 1 is 1.10 bits per heavy atom. The van der Waals surface area contributed by atoms with Crippen molar-refractivity contribution in [1.29, 1.82) is 0 Å². The molecule has 0 aliphatic rings. The van der Waals surface area contributed by atoms with Gasteiger partial charge in [-0.05, 0) is 48.6 Å². The number of halogens is 2. The monoisotopic (exact) mass is 487 g/mol. The second-order valence-electron chi connectivity index (χ2n) is 6.41. The molecule has 0 atom stereocenters. The topological polar surface area (TPSA) is 63.2 Å². The molecule has 0 aliphatic carbocycles. The smallest absolute Gasteiger partial charge is 0.261 e. The highest BCUT2D eigenvalue weighted by molar-refractivity contribution is 7.80. The molecule has 3 aromatic carbocycles. The lowest BCUT2D eigenvalue weighted by Gasteiger charge is -2.14. The first-order valence-electron chi connectivity index (χ1n) is 9.06. The van der Waals surface area contributed by atoms with Crippen molar-refractivity contribution in [2.75, 3.05) is 12.4 Å². The van der Waals surface area contributed by atoms with Gasteiger partial charge in [-0.2, -0.15) is 0 Å². The number of fused-ring (bicyclic) bond motifs is 1. The summed E-state index contributed by atoms with van der Waals surface area (Å²) < 4.78 is 6.33. The molecule has 0 saturated carbocycles. The van der Waals surface area contributed by atoms with E-state index in [2.05, 4.69) is 10.6 Å². The van der Waals surface area contributed by atoms with Crippen molar-refractivity contribution in [2.45, 2.75) is 0 Å². The number of ether oxygens (including phenoxy) is 1. The molecular formula is C22H15Cl2N3O2S2. The van der Waals surface area contributed by atoms with Crippen LogP contribution >= 0.6 is 46.8 Å². The lowest BCUT2D eigenvalue weighted by molar-refractivity contribution is 0.0975. The van der Waals surface area contributed by atoms with Crippen LogP contribution in [0.4, 0.5) is 5.69 Å². The van der Waals surface area contributed by atoms with E-state index >= 15 is 0 Å². The zero-order chi connectivity index (χ0) is 22.0. The van der Waals surface area contributed by atoms with E-state index in [-0.39, 0.29) is 21.4 Å². The molecule has 0 unspecified atom stereocenters. The minimum atomic E-state index is -0.490. The van der Waals surface area contributed by atoms with Crippen LogP contribution in [0.2, 0.25) is 10.0 Å². The summed E-state index contributed by atoms with van der Waals surface area (Å²) in [7, 11) is 1.43. The summed E-state index contributed by atoms with van der Waals surface area (Å²) in [6.45, 7) is 0. The van der Waals surface area contributed by atoms with Gasteiger partial charge in [0.25, 0.3) is 5.91 Å². The van der Waals surface area contributed by atoms with Crippen LogP contribution in [0.25, 0.3) is 20.8 Å². The molecule has 9 heteroatoms. The molecular weight excluding hydrogens is 473 g/mol. The summed E-state index contributed by atoms with van der Waals surface area (Å²) in [5, 5.41) is 7.25. The van der Waals surface area contributed by atoms with E-state index in [1.54, 1.807) is 11.3 Å². The standard InChI is InChI=1S/C22H15Cl2N3O2S2/c1-29-19-14(10-12(23)11-15(19)24)20(28)27-22(30)26-16-7-3-2-6-13(16)21-25-17-8-4-5-9-18(17)31-21/h2-11H,1H3,(H2,26,27,28,30). The van der Waals surface area contributed by atoms with Crippen LogP contribution in [-0.2, 0) is 0 Å². The molecule has 0 radical (unpaired) electrons. The van der Waals surface area contributed by atoms with Crippen LogP contribution in [0.5, 0.6) is 5.75 Å². The normalized spacial score (nSPS) is 10.7. The maximum atomic E-state index is 12.8. The van der Waals surface area contributed by atoms with Gasteiger partial charge in [-0.15, -0.1) is 11.3 Å². The Labute approximate surface area is 198 Å². The SMILES string of the molecule is COc1c(Cl)cc(Cl)cc1C(=O)NC(=S)Nc1ccccc1-c1nc2ccccc2s1. The lowest BCUT2D eigenvalue weighted by Crippen LogP contribution is -2.34. The Hall–Kier alpha value is -2.71. The number of para-hydroxylation sites is 2. The number of carbonyl (C=O) groups excluding carboxylic acids is 1. The Morgan fingerprint density at radius 3 is 2.61 bits per heavy atom. The number of hydrogen-bond donors (Lipinski definition) is 2. The van der Waals surface area contributed by atoms with Gasteiger partial charge in [-0.25, -0.2) is 4.98 Å². The molecule has 1 heterocycles. The predicted molar refractivity (Wildman–Crippen MR) is 132 cm³/mol. The molecule has 156 valence electrons. The number of nitrogens with zero attached hydrogens (tertiary/aromatic N) is 1. The third-order valence-electron chi connectivity index (χ3n) is 4.38. The van der Waals surface area contributed by atoms with E-state index in [4.69, 9.17) is 45.1 Å². The highest BCUT2D eigenvalue weighted by Crippen LogP contribution is 2.35. The minimum Gasteiger partial charge on any atom is -0.494 e. The summed E-state index contributed by atoms with van der Waals surface area (Å²) in [5.41, 5.74) is 2.72. The summed E-state index contributed by atoms with van der Waals surface area (Å²) in [5.74, 6) is -0.266. The number of hydrogen-bond acceptors (Lipinski definition) is 5. The maximum Gasteiger partial charge on any atom is 0.261 e. The Bertz CT molecular complexity index is 1270. The third kappa shape index (κ3) is 4.65. The zero-order valence-corrected chi connectivity index (χ0v) is 19.3. The van der Waals surface area contributed by atoms with Crippen molar-refractivity contribution in [2.24, 2.45) is 0 Å². The van der Waals surface area contributed by atoms with Gasteiger partial charge >= 0.3 is 0 Å². The predicted octanol–water partition coefficient (Wildman–Crippen LogP) is 6.41. The number of nitrogens with one attached hydrogen (secondary N) is 2. The third-order valence-corrected chi connectivity index (χ3v) is 6.16. The number of thiocarbonyl (C=S) groups is 1. The van der Waals surface area contributed by atoms with Crippen LogP contribution in [-0.4, -0.2) is 23.1 Å². The first kappa shape index (κ1) is 21.5. The number of benzene rings is 3. The van der Waals surface area contributed by atoms with Crippen molar-refractivity contribution < 1.29 is 9.53 Å². The highest BCUT2D eigenvalue weighted by atomic mass is 35.5. The van der Waals surface area contributed by atoms with Crippen molar-refractivity contribution in [3.05, 3.63) is 76.3 Å². The Balaban J connectivity index is 1.57. The molecule has 0 saturated heterocycles. The first-order valence-corrected chi connectivity index (χ1v) is 11.0. The summed E-state index contributed by atoms with van der Waals surface area (Å²) >= 11 is 19.1. The van der Waals surface area contributed by atoms with Crippen LogP contribution < -0.4 is 15.4 Å². The number of amides is 1. The van der Waals surface area contributed by atoms with Crippen molar-refractivity contribution >= 4 is 73.7 Å². The number of aromatic nitrogens is 1. The quantitative estimate of drug-likeness (QED) is 0.325. The fraction of sp³-hybridized carbons (Fsp3) is 0.0455. The molecule has 0 aliphatic heterocycles. The lowest BCUT2D eigenvalue weighted by atomic mass is 10.2. The first-order chi connectivity index (χ1) is 15.0. The molecule has 2 N–H and O–H groups in total. The van der Waals surface area contributed by atoms with Gasteiger partial charge in [-0.1, -0.05) is 47.5 Å². The fourth-order valence-corrected chi connectivity index (χ4v) is 4.80. The molecule has 1 aromatic heterocycles. The highest BCUT2D eigenvalue weighted by Gasteiger charge is 2.18. The van der Waals surface area contributed by atoms with Gasteiger partial charge in [0.1, 0.15) is 10.8 Å². The number of methoxy groups -OCH3 is 1. The Morgan fingerprint density at radius 2 is 1.84 bits per heavy atom. The van der Waals surface area contributed by atoms with Crippen molar-refractivity contribution in [3.63, 3.8) is 0 Å². The second kappa shape index (κ2) is 9.20.